The van der Waals surface area contributed by atoms with Gasteiger partial charge < -0.3 is 15.3 Å². The van der Waals surface area contributed by atoms with Crippen LogP contribution in [0.2, 0.25) is 0 Å². The molecule has 0 aromatic heterocycles. The third kappa shape index (κ3) is 3.75. The summed E-state index contributed by atoms with van der Waals surface area (Å²) in [6, 6.07) is 6.18. The van der Waals surface area contributed by atoms with Gasteiger partial charge in [0, 0.05) is 11.3 Å². The average molecular weight is 308 g/mol. The third-order valence-corrected chi connectivity index (χ3v) is 4.21. The summed E-state index contributed by atoms with van der Waals surface area (Å²) in [5.74, 6) is -1.02. The molecule has 1 unspecified atom stereocenters. The van der Waals surface area contributed by atoms with Gasteiger partial charge in [-0.2, -0.15) is 0 Å². The zero-order chi connectivity index (χ0) is 15.4. The van der Waals surface area contributed by atoms with Gasteiger partial charge in [0.15, 0.2) is 0 Å². The molecule has 2 N–H and O–H groups in total. The van der Waals surface area contributed by atoms with Gasteiger partial charge >= 0.3 is 5.97 Å². The molecule has 1 fully saturated rings. The molecule has 0 bridgehead atoms. The van der Waals surface area contributed by atoms with Crippen molar-refractivity contribution in [2.45, 2.75) is 13.0 Å². The van der Waals surface area contributed by atoms with Crippen LogP contribution in [-0.4, -0.2) is 52.0 Å². The lowest BCUT2D eigenvalue weighted by Crippen LogP contribution is -2.46. The first-order chi connectivity index (χ1) is 9.99. The van der Waals surface area contributed by atoms with Crippen molar-refractivity contribution in [1.82, 2.24) is 10.2 Å². The summed E-state index contributed by atoms with van der Waals surface area (Å²) in [4.78, 5) is 36.2. The Morgan fingerprint density at radius 3 is 2.62 bits per heavy atom. The normalized spacial score (nSPS) is 17.6. The molecule has 112 valence electrons. The molecule has 0 spiro atoms. The third-order valence-electron chi connectivity index (χ3n) is 3.20. The number of nitrogens with one attached hydrogen (secondary N) is 1. The quantitative estimate of drug-likeness (QED) is 0.855. The van der Waals surface area contributed by atoms with Crippen LogP contribution in [-0.2, 0) is 9.59 Å². The number of rotatable bonds is 4. The number of nitrogens with zero attached hydrogens (tertiary/aromatic N) is 1. The molecule has 7 heteroatoms. The fourth-order valence-electron chi connectivity index (χ4n) is 1.96. The molecular formula is C14H16N2O4S. The minimum atomic E-state index is -1.02. The van der Waals surface area contributed by atoms with Crippen molar-refractivity contribution in [3.05, 3.63) is 35.4 Å². The molecule has 2 rings (SSSR count). The van der Waals surface area contributed by atoms with E-state index in [4.69, 9.17) is 5.11 Å². The maximum absolute atomic E-state index is 12.0. The summed E-state index contributed by atoms with van der Waals surface area (Å²) in [6.07, 6.45) is 0. The highest BCUT2D eigenvalue weighted by atomic mass is 32.2. The van der Waals surface area contributed by atoms with Gasteiger partial charge in [0.25, 0.3) is 5.91 Å². The molecular weight excluding hydrogens is 292 g/mol. The number of carbonyl (C=O) groups is 3. The molecule has 6 nitrogen and oxygen atoms in total. The van der Waals surface area contributed by atoms with Gasteiger partial charge in [-0.25, -0.2) is 4.79 Å². The number of carboxylic acid groups (broad SMARTS) is 1. The summed E-state index contributed by atoms with van der Waals surface area (Å²) in [5.41, 5.74) is 1.51. The highest BCUT2D eigenvalue weighted by molar-refractivity contribution is 7.99. The Bertz CT molecular complexity index is 559. The number of thioether (sulfide) groups is 1. The molecule has 1 aliphatic heterocycles. The van der Waals surface area contributed by atoms with E-state index in [1.54, 1.807) is 12.1 Å². The second kappa shape index (κ2) is 6.62. The fraction of sp³-hybridized carbons (Fsp3) is 0.357. The minimum absolute atomic E-state index is 0.197. The summed E-state index contributed by atoms with van der Waals surface area (Å²) < 4.78 is 0. The summed E-state index contributed by atoms with van der Waals surface area (Å²) >= 11 is 1.39. The van der Waals surface area contributed by atoms with Crippen molar-refractivity contribution in [2.75, 3.05) is 18.2 Å². The largest absolute Gasteiger partial charge is 0.480 e. The van der Waals surface area contributed by atoms with Gasteiger partial charge in [-0.3, -0.25) is 9.59 Å². The topological polar surface area (TPSA) is 86.7 Å². The van der Waals surface area contributed by atoms with E-state index in [1.165, 1.54) is 16.7 Å². The van der Waals surface area contributed by atoms with E-state index in [9.17, 15) is 14.4 Å². The predicted octanol–water partition coefficient (Wildman–Crippen LogP) is 0.711. The van der Waals surface area contributed by atoms with Crippen LogP contribution in [0.25, 0.3) is 0 Å². The molecule has 1 heterocycles. The van der Waals surface area contributed by atoms with Crippen LogP contribution in [0.3, 0.4) is 0 Å². The molecule has 21 heavy (non-hydrogen) atoms. The first kappa shape index (κ1) is 15.4. The van der Waals surface area contributed by atoms with Crippen LogP contribution in [0.4, 0.5) is 0 Å². The van der Waals surface area contributed by atoms with E-state index in [2.05, 4.69) is 5.32 Å². The average Bonchev–Trinajstić information content (AvgIpc) is 2.95. The first-order valence-corrected chi connectivity index (χ1v) is 7.59. The summed E-state index contributed by atoms with van der Waals surface area (Å²) in [5, 5.41) is 11.5. The Hall–Kier alpha value is -2.02. The Morgan fingerprint density at radius 2 is 2.00 bits per heavy atom. The zero-order valence-corrected chi connectivity index (χ0v) is 12.4. The standard InChI is InChI=1S/C14H16N2O4S/c1-9-2-4-10(5-3-9)13(18)15-6-12(17)16-8-21-7-11(16)14(19)20/h2-5,11H,6-8H2,1H3,(H,15,18)(H,19,20). The maximum Gasteiger partial charge on any atom is 0.327 e. The smallest absolute Gasteiger partial charge is 0.327 e. The van der Waals surface area contributed by atoms with Crippen LogP contribution in [0.15, 0.2) is 24.3 Å². The van der Waals surface area contributed by atoms with Gasteiger partial charge in [0.2, 0.25) is 5.91 Å². The molecule has 1 aliphatic rings. The predicted molar refractivity (Wildman–Crippen MR) is 79.1 cm³/mol. The number of carboxylic acids is 1. The van der Waals surface area contributed by atoms with Gasteiger partial charge in [-0.1, -0.05) is 17.7 Å². The molecule has 0 radical (unpaired) electrons. The number of amides is 2. The summed E-state index contributed by atoms with van der Waals surface area (Å²) in [6.45, 7) is 1.72. The second-order valence-electron chi connectivity index (χ2n) is 4.77. The van der Waals surface area contributed by atoms with Crippen molar-refractivity contribution >= 4 is 29.5 Å². The Kier molecular flexibility index (Phi) is 4.85. The molecule has 0 saturated carbocycles. The SMILES string of the molecule is Cc1ccc(C(=O)NCC(=O)N2CSCC2C(=O)O)cc1. The second-order valence-corrected chi connectivity index (χ2v) is 5.77. The van der Waals surface area contributed by atoms with E-state index in [-0.39, 0.29) is 18.4 Å². The van der Waals surface area contributed by atoms with E-state index in [0.29, 0.717) is 17.2 Å². The lowest BCUT2D eigenvalue weighted by atomic mass is 10.1. The Balaban J connectivity index is 1.90. The number of aliphatic carboxylic acids is 1. The zero-order valence-electron chi connectivity index (χ0n) is 11.5. The monoisotopic (exact) mass is 308 g/mol. The summed E-state index contributed by atoms with van der Waals surface area (Å²) in [7, 11) is 0. The Morgan fingerprint density at radius 1 is 1.33 bits per heavy atom. The number of hydrogen-bond donors (Lipinski definition) is 2. The van der Waals surface area contributed by atoms with Gasteiger partial charge in [-0.05, 0) is 19.1 Å². The van der Waals surface area contributed by atoms with Crippen LogP contribution >= 0.6 is 11.8 Å². The molecule has 0 aliphatic carbocycles. The van der Waals surface area contributed by atoms with E-state index >= 15 is 0 Å². The van der Waals surface area contributed by atoms with E-state index in [0.717, 1.165) is 5.56 Å². The van der Waals surface area contributed by atoms with Gasteiger partial charge in [0.05, 0.1) is 12.4 Å². The first-order valence-electron chi connectivity index (χ1n) is 6.44. The van der Waals surface area contributed by atoms with Crippen molar-refractivity contribution < 1.29 is 19.5 Å². The van der Waals surface area contributed by atoms with Crippen LogP contribution < -0.4 is 5.32 Å². The minimum Gasteiger partial charge on any atom is -0.480 e. The molecule has 1 saturated heterocycles. The van der Waals surface area contributed by atoms with Crippen molar-refractivity contribution in [2.24, 2.45) is 0 Å². The molecule has 2 amide bonds. The fourth-order valence-corrected chi connectivity index (χ4v) is 3.13. The molecule has 1 atom stereocenters. The van der Waals surface area contributed by atoms with Crippen LogP contribution in [0, 0.1) is 6.92 Å². The van der Waals surface area contributed by atoms with E-state index in [1.807, 2.05) is 19.1 Å². The van der Waals surface area contributed by atoms with Crippen LogP contribution in [0.5, 0.6) is 0 Å². The Labute approximate surface area is 126 Å². The highest BCUT2D eigenvalue weighted by Crippen LogP contribution is 2.20. The van der Waals surface area contributed by atoms with Crippen LogP contribution in [0.1, 0.15) is 15.9 Å². The van der Waals surface area contributed by atoms with Gasteiger partial charge in [0.1, 0.15) is 6.04 Å². The number of hydrogen-bond acceptors (Lipinski definition) is 4. The maximum atomic E-state index is 12.0. The van der Waals surface area contributed by atoms with Crippen molar-refractivity contribution in [3.63, 3.8) is 0 Å². The number of benzene rings is 1. The molecule has 1 aromatic rings. The lowest BCUT2D eigenvalue weighted by molar-refractivity contribution is -0.147. The number of carbonyl (C=O) groups excluding carboxylic acids is 2. The molecule has 1 aromatic carbocycles. The van der Waals surface area contributed by atoms with Crippen molar-refractivity contribution in [1.29, 1.82) is 0 Å². The highest BCUT2D eigenvalue weighted by Gasteiger charge is 2.34. The number of aryl methyl sites for hydroxylation is 1. The van der Waals surface area contributed by atoms with Crippen molar-refractivity contribution in [3.8, 4) is 0 Å². The van der Waals surface area contributed by atoms with E-state index < -0.39 is 12.0 Å². The lowest BCUT2D eigenvalue weighted by Gasteiger charge is -2.20. The van der Waals surface area contributed by atoms with Gasteiger partial charge in [-0.15, -0.1) is 11.8 Å².